The Morgan fingerprint density at radius 2 is 2.14 bits per heavy atom. The van der Waals surface area contributed by atoms with Gasteiger partial charge in [-0.15, -0.1) is 0 Å². The monoisotopic (exact) mass is 224 g/mol. The highest BCUT2D eigenvalue weighted by atomic mass is 32.2. The molecule has 74 valence electrons. The summed E-state index contributed by atoms with van der Waals surface area (Å²) in [5.41, 5.74) is 1.12. The van der Waals surface area contributed by atoms with E-state index in [1.165, 1.54) is 17.5 Å². The summed E-state index contributed by atoms with van der Waals surface area (Å²) in [5.74, 6) is 2.24. The molecule has 1 heterocycles. The maximum atomic E-state index is 11.5. The predicted octanol–water partition coefficient (Wildman–Crippen LogP) is 2.60. The van der Waals surface area contributed by atoms with Crippen LogP contribution in [0.5, 0.6) is 0 Å². The first kappa shape index (κ1) is 10.1. The highest BCUT2D eigenvalue weighted by molar-refractivity contribution is 8.15. The van der Waals surface area contributed by atoms with Gasteiger partial charge in [0.1, 0.15) is 0 Å². The fraction of sp³-hybridized carbons (Fsp3) is 0.364. The Hall–Kier alpha value is -0.410. The standard InChI is InChI=1S/C11H12OS2/c12-11(14-8-10-7-13-10)6-9-4-2-1-3-5-9/h1-5,10H,6-8H2. The van der Waals surface area contributed by atoms with E-state index in [9.17, 15) is 4.79 Å². The molecule has 2 rings (SSSR count). The maximum Gasteiger partial charge on any atom is 0.193 e. The minimum absolute atomic E-state index is 0.295. The Bertz CT molecular complexity index is 306. The molecule has 1 unspecified atom stereocenters. The third-order valence-corrected chi connectivity index (χ3v) is 4.24. The third-order valence-electron chi connectivity index (χ3n) is 2.02. The molecule has 0 radical (unpaired) electrons. The average Bonchev–Trinajstić information content (AvgIpc) is 3.00. The van der Waals surface area contributed by atoms with Crippen LogP contribution in [0.15, 0.2) is 30.3 Å². The second kappa shape index (κ2) is 4.89. The van der Waals surface area contributed by atoms with E-state index in [1.807, 2.05) is 42.1 Å². The van der Waals surface area contributed by atoms with Crippen LogP contribution in [0.25, 0.3) is 0 Å². The van der Waals surface area contributed by atoms with Gasteiger partial charge in [0.05, 0.1) is 0 Å². The second-order valence-corrected chi connectivity index (χ2v) is 5.71. The molecule has 0 aromatic heterocycles. The minimum atomic E-state index is 0.295. The molecule has 1 aliphatic heterocycles. The zero-order valence-corrected chi connectivity index (χ0v) is 9.44. The summed E-state index contributed by atoms with van der Waals surface area (Å²) >= 11 is 3.43. The van der Waals surface area contributed by atoms with Crippen molar-refractivity contribution in [2.24, 2.45) is 0 Å². The molecule has 1 atom stereocenters. The predicted molar refractivity (Wildman–Crippen MR) is 63.9 cm³/mol. The molecule has 3 heteroatoms. The lowest BCUT2D eigenvalue weighted by molar-refractivity contribution is -0.110. The fourth-order valence-electron chi connectivity index (χ4n) is 1.16. The first-order chi connectivity index (χ1) is 6.84. The molecule has 0 bridgehead atoms. The second-order valence-electron chi connectivity index (χ2n) is 3.30. The molecule has 1 nitrogen and oxygen atoms in total. The van der Waals surface area contributed by atoms with Crippen LogP contribution in [0.4, 0.5) is 0 Å². The van der Waals surface area contributed by atoms with Crippen LogP contribution in [-0.2, 0) is 11.2 Å². The van der Waals surface area contributed by atoms with E-state index in [2.05, 4.69) is 0 Å². The summed E-state index contributed by atoms with van der Waals surface area (Å²) in [6.45, 7) is 0. The normalized spacial score (nSPS) is 19.3. The molecule has 14 heavy (non-hydrogen) atoms. The van der Waals surface area contributed by atoms with Gasteiger partial charge in [0.15, 0.2) is 5.12 Å². The number of hydrogen-bond acceptors (Lipinski definition) is 3. The first-order valence-corrected chi connectivity index (χ1v) is 6.69. The Morgan fingerprint density at radius 3 is 2.79 bits per heavy atom. The van der Waals surface area contributed by atoms with Crippen molar-refractivity contribution in [2.45, 2.75) is 11.7 Å². The largest absolute Gasteiger partial charge is 0.287 e. The lowest BCUT2D eigenvalue weighted by Crippen LogP contribution is -2.00. The zero-order chi connectivity index (χ0) is 9.80. The molecule has 0 aliphatic carbocycles. The van der Waals surface area contributed by atoms with Crippen LogP contribution in [-0.4, -0.2) is 21.9 Å². The van der Waals surface area contributed by atoms with Crippen LogP contribution in [0.2, 0.25) is 0 Å². The van der Waals surface area contributed by atoms with Gasteiger partial charge in [0, 0.05) is 23.2 Å². The number of thioether (sulfide) groups is 2. The SMILES string of the molecule is O=C(Cc1ccccc1)SCC1CS1. The number of carbonyl (C=O) groups excluding carboxylic acids is 1. The van der Waals surface area contributed by atoms with Gasteiger partial charge in [-0.05, 0) is 5.56 Å². The highest BCUT2D eigenvalue weighted by Gasteiger charge is 2.23. The summed E-state index contributed by atoms with van der Waals surface area (Å²) < 4.78 is 0. The molecular formula is C11H12OS2. The van der Waals surface area contributed by atoms with Gasteiger partial charge in [-0.2, -0.15) is 11.8 Å². The number of carbonyl (C=O) groups is 1. The Labute approximate surface area is 92.7 Å². The van der Waals surface area contributed by atoms with Crippen molar-refractivity contribution in [3.05, 3.63) is 35.9 Å². The average molecular weight is 224 g/mol. The quantitative estimate of drug-likeness (QED) is 0.732. The van der Waals surface area contributed by atoms with Crippen molar-refractivity contribution in [3.63, 3.8) is 0 Å². The van der Waals surface area contributed by atoms with Crippen molar-refractivity contribution >= 4 is 28.6 Å². The van der Waals surface area contributed by atoms with E-state index in [-0.39, 0.29) is 0 Å². The number of benzene rings is 1. The molecule has 1 aliphatic rings. The van der Waals surface area contributed by atoms with Gasteiger partial charge in [-0.25, -0.2) is 0 Å². The van der Waals surface area contributed by atoms with Gasteiger partial charge in [-0.1, -0.05) is 42.1 Å². The zero-order valence-electron chi connectivity index (χ0n) is 7.81. The third kappa shape index (κ3) is 3.39. The summed E-state index contributed by atoms with van der Waals surface area (Å²) in [6.07, 6.45) is 0.572. The highest BCUT2D eigenvalue weighted by Crippen LogP contribution is 2.33. The minimum Gasteiger partial charge on any atom is -0.287 e. The van der Waals surface area contributed by atoms with E-state index in [0.717, 1.165) is 16.6 Å². The molecule has 1 aromatic rings. The van der Waals surface area contributed by atoms with Crippen molar-refractivity contribution in [1.82, 2.24) is 0 Å². The van der Waals surface area contributed by atoms with Gasteiger partial charge >= 0.3 is 0 Å². The van der Waals surface area contributed by atoms with Gasteiger partial charge < -0.3 is 0 Å². The van der Waals surface area contributed by atoms with Gasteiger partial charge in [-0.3, -0.25) is 4.79 Å². The van der Waals surface area contributed by atoms with E-state index >= 15 is 0 Å². The summed E-state index contributed by atoms with van der Waals surface area (Å²) in [5, 5.41) is 1.04. The smallest absolute Gasteiger partial charge is 0.193 e. The molecule has 0 N–H and O–H groups in total. The molecule has 1 saturated heterocycles. The molecular weight excluding hydrogens is 212 g/mol. The first-order valence-electron chi connectivity index (χ1n) is 4.66. The van der Waals surface area contributed by atoms with Gasteiger partial charge in [0.25, 0.3) is 0 Å². The topological polar surface area (TPSA) is 17.1 Å². The van der Waals surface area contributed by atoms with Crippen molar-refractivity contribution in [3.8, 4) is 0 Å². The Morgan fingerprint density at radius 1 is 1.43 bits per heavy atom. The van der Waals surface area contributed by atoms with Crippen molar-refractivity contribution in [2.75, 3.05) is 11.5 Å². The lowest BCUT2D eigenvalue weighted by Gasteiger charge is -1.99. The molecule has 0 amide bonds. The Kier molecular flexibility index (Phi) is 3.54. The maximum absolute atomic E-state index is 11.5. The van der Waals surface area contributed by atoms with Crippen LogP contribution >= 0.6 is 23.5 Å². The van der Waals surface area contributed by atoms with Crippen molar-refractivity contribution < 1.29 is 4.79 Å². The summed E-state index contributed by atoms with van der Waals surface area (Å²) in [7, 11) is 0. The van der Waals surface area contributed by atoms with E-state index < -0.39 is 0 Å². The molecule has 1 fully saturated rings. The van der Waals surface area contributed by atoms with E-state index in [1.54, 1.807) is 0 Å². The van der Waals surface area contributed by atoms with Crippen LogP contribution in [0.3, 0.4) is 0 Å². The summed E-state index contributed by atoms with van der Waals surface area (Å²) in [4.78, 5) is 11.5. The van der Waals surface area contributed by atoms with Gasteiger partial charge in [0.2, 0.25) is 0 Å². The molecule has 1 aromatic carbocycles. The van der Waals surface area contributed by atoms with E-state index in [4.69, 9.17) is 0 Å². The lowest BCUT2D eigenvalue weighted by atomic mass is 10.2. The van der Waals surface area contributed by atoms with Crippen LogP contribution in [0, 0.1) is 0 Å². The Balaban J connectivity index is 1.76. The van der Waals surface area contributed by atoms with Crippen LogP contribution < -0.4 is 0 Å². The number of rotatable bonds is 4. The number of hydrogen-bond donors (Lipinski definition) is 0. The summed E-state index contributed by atoms with van der Waals surface area (Å²) in [6, 6.07) is 9.94. The van der Waals surface area contributed by atoms with E-state index in [0.29, 0.717) is 11.5 Å². The molecule has 0 saturated carbocycles. The van der Waals surface area contributed by atoms with Crippen molar-refractivity contribution in [1.29, 1.82) is 0 Å². The van der Waals surface area contributed by atoms with Crippen LogP contribution in [0.1, 0.15) is 5.56 Å². The molecule has 0 spiro atoms. The fourth-order valence-corrected chi connectivity index (χ4v) is 2.91.